The van der Waals surface area contributed by atoms with Gasteiger partial charge in [-0.15, -0.1) is 0 Å². The van der Waals surface area contributed by atoms with Crippen molar-refractivity contribution < 1.29 is 37.0 Å². The number of hydrogen-bond donors (Lipinski definition) is 3. The molecule has 0 aliphatic carbocycles. The number of nitrogens with one attached hydrogen (secondary N) is 1. The van der Waals surface area contributed by atoms with E-state index in [9.17, 15) is 22.4 Å². The van der Waals surface area contributed by atoms with Gasteiger partial charge < -0.3 is 20.9 Å². The summed E-state index contributed by atoms with van der Waals surface area (Å²) in [5, 5.41) is 9.50. The van der Waals surface area contributed by atoms with Crippen LogP contribution < -0.4 is 15.8 Å². The number of alkyl halides is 3. The van der Waals surface area contributed by atoms with E-state index < -0.39 is 29.9 Å². The molecule has 1 atom stereocenters. The molecule has 21 heavy (non-hydrogen) atoms. The molecule has 116 valence electrons. The van der Waals surface area contributed by atoms with Crippen LogP contribution in [0.1, 0.15) is 0 Å². The molecule has 0 bridgehead atoms. The third kappa shape index (κ3) is 4.60. The van der Waals surface area contributed by atoms with Crippen molar-refractivity contribution in [2.75, 3.05) is 11.9 Å². The quantitative estimate of drug-likeness (QED) is 0.623. The van der Waals surface area contributed by atoms with Crippen LogP contribution in [0.2, 0.25) is 0 Å². The van der Waals surface area contributed by atoms with Crippen molar-refractivity contribution >= 4 is 17.6 Å². The Balaban J connectivity index is 0.000000270. The molecule has 1 amide bonds. The lowest BCUT2D eigenvalue weighted by atomic mass is 10.2. The van der Waals surface area contributed by atoms with E-state index in [0.717, 1.165) is 0 Å². The molecular weight excluding hydrogens is 300 g/mol. The Kier molecular flexibility index (Phi) is 5.08. The van der Waals surface area contributed by atoms with Gasteiger partial charge in [-0.3, -0.25) is 4.79 Å². The van der Waals surface area contributed by atoms with Crippen molar-refractivity contribution in [2.45, 2.75) is 12.2 Å². The first-order chi connectivity index (χ1) is 9.62. The maximum atomic E-state index is 13.2. The number of aliphatic carboxylic acids is 1. The summed E-state index contributed by atoms with van der Waals surface area (Å²) in [6.07, 6.45) is -5.08. The van der Waals surface area contributed by atoms with Crippen molar-refractivity contribution in [2.24, 2.45) is 5.73 Å². The first-order valence-corrected chi connectivity index (χ1v) is 5.40. The largest absolute Gasteiger partial charge is 0.490 e. The number of para-hydroxylation sites is 1. The highest BCUT2D eigenvalue weighted by molar-refractivity contribution is 5.96. The molecule has 1 aromatic carbocycles. The van der Waals surface area contributed by atoms with Crippen molar-refractivity contribution in [3.05, 3.63) is 24.0 Å². The van der Waals surface area contributed by atoms with E-state index in [4.69, 9.17) is 20.4 Å². The van der Waals surface area contributed by atoms with Gasteiger partial charge in [0.15, 0.2) is 5.82 Å². The lowest BCUT2D eigenvalue weighted by Crippen LogP contribution is -2.38. The molecule has 0 aromatic heterocycles. The minimum Gasteiger partial charge on any atom is -0.489 e. The van der Waals surface area contributed by atoms with E-state index in [1.165, 1.54) is 12.1 Å². The van der Waals surface area contributed by atoms with Crippen molar-refractivity contribution in [3.63, 3.8) is 0 Å². The Hall–Kier alpha value is -2.36. The number of hydrogen-bond acceptors (Lipinski definition) is 4. The summed E-state index contributed by atoms with van der Waals surface area (Å²) in [5.41, 5.74) is 5.51. The highest BCUT2D eigenvalue weighted by atomic mass is 19.4. The zero-order valence-corrected chi connectivity index (χ0v) is 10.3. The normalized spacial score (nSPS) is 17.4. The summed E-state index contributed by atoms with van der Waals surface area (Å²) >= 11 is 0. The highest BCUT2D eigenvalue weighted by Gasteiger charge is 2.38. The summed E-state index contributed by atoms with van der Waals surface area (Å²) in [4.78, 5) is 20.1. The number of rotatable bonds is 0. The van der Waals surface area contributed by atoms with E-state index in [0.29, 0.717) is 5.75 Å². The number of amides is 1. The third-order valence-corrected chi connectivity index (χ3v) is 2.22. The summed E-state index contributed by atoms with van der Waals surface area (Å²) < 4.78 is 50.1. The molecule has 0 radical (unpaired) electrons. The minimum absolute atomic E-state index is 0.0578. The molecule has 4 N–H and O–H groups in total. The zero-order chi connectivity index (χ0) is 16.2. The first-order valence-electron chi connectivity index (χ1n) is 5.40. The van der Waals surface area contributed by atoms with E-state index in [1.807, 2.05) is 0 Å². The van der Waals surface area contributed by atoms with Gasteiger partial charge >= 0.3 is 12.1 Å². The third-order valence-electron chi connectivity index (χ3n) is 2.22. The Bertz CT molecular complexity index is 548. The maximum Gasteiger partial charge on any atom is 0.490 e. The topological polar surface area (TPSA) is 102 Å². The Labute approximate surface area is 115 Å². The van der Waals surface area contributed by atoms with Gasteiger partial charge in [-0.05, 0) is 12.1 Å². The molecule has 0 fully saturated rings. The second-order valence-electron chi connectivity index (χ2n) is 3.82. The number of carboxylic acid groups (broad SMARTS) is 1. The number of ether oxygens (including phenoxy) is 1. The van der Waals surface area contributed by atoms with Gasteiger partial charge in [0.2, 0.25) is 5.91 Å². The zero-order valence-electron chi connectivity index (χ0n) is 10.3. The van der Waals surface area contributed by atoms with Crippen LogP contribution in [0.4, 0.5) is 23.2 Å². The second kappa shape index (κ2) is 6.39. The van der Waals surface area contributed by atoms with Gasteiger partial charge in [0.05, 0.1) is 0 Å². The molecule has 1 aromatic rings. The van der Waals surface area contributed by atoms with Crippen LogP contribution in [0.5, 0.6) is 5.75 Å². The molecule has 1 heterocycles. The van der Waals surface area contributed by atoms with Gasteiger partial charge in [-0.2, -0.15) is 13.2 Å². The molecule has 1 aliphatic heterocycles. The smallest absolute Gasteiger partial charge is 0.489 e. The predicted molar refractivity (Wildman–Crippen MR) is 62.2 cm³/mol. The van der Waals surface area contributed by atoms with Gasteiger partial charge in [0.1, 0.15) is 24.1 Å². The Morgan fingerprint density at radius 3 is 2.52 bits per heavy atom. The highest BCUT2D eigenvalue weighted by Crippen LogP contribution is 2.29. The van der Waals surface area contributed by atoms with E-state index in [2.05, 4.69) is 5.32 Å². The van der Waals surface area contributed by atoms with Gasteiger partial charge in [-0.1, -0.05) is 6.07 Å². The number of benzene rings is 1. The fourth-order valence-corrected chi connectivity index (χ4v) is 1.22. The van der Waals surface area contributed by atoms with Crippen LogP contribution in [0, 0.1) is 5.82 Å². The second-order valence-corrected chi connectivity index (χ2v) is 3.82. The standard InChI is InChI=1S/C9H9FN2O2.C2HF3O2/c10-5-2-1-3-7-8(5)12-9(13)6(11)4-14-7;3-2(4,5)1(6)7/h1-3,6H,4,11H2,(H,12,13);(H,6,7)/t6-;/m0./s1. The molecule has 6 nitrogen and oxygen atoms in total. The average molecular weight is 310 g/mol. The molecular formula is C11H10F4N2O4. The fourth-order valence-electron chi connectivity index (χ4n) is 1.22. The fraction of sp³-hybridized carbons (Fsp3) is 0.273. The Morgan fingerprint density at radius 2 is 2.00 bits per heavy atom. The monoisotopic (exact) mass is 310 g/mol. The van der Waals surface area contributed by atoms with Gasteiger partial charge in [0, 0.05) is 0 Å². The molecule has 0 spiro atoms. The molecule has 0 unspecified atom stereocenters. The number of carbonyl (C=O) groups excluding carboxylic acids is 1. The molecule has 1 aliphatic rings. The number of anilines is 1. The lowest BCUT2D eigenvalue weighted by Gasteiger charge is -2.06. The number of carbonyl (C=O) groups is 2. The van der Waals surface area contributed by atoms with Crippen LogP contribution >= 0.6 is 0 Å². The van der Waals surface area contributed by atoms with Crippen molar-refractivity contribution in [1.29, 1.82) is 0 Å². The predicted octanol–water partition coefficient (Wildman–Crippen LogP) is 1.12. The maximum absolute atomic E-state index is 13.2. The summed E-state index contributed by atoms with van der Waals surface area (Å²) in [7, 11) is 0. The number of carboxylic acids is 1. The van der Waals surface area contributed by atoms with Crippen molar-refractivity contribution in [1.82, 2.24) is 0 Å². The lowest BCUT2D eigenvalue weighted by molar-refractivity contribution is -0.192. The SMILES string of the molecule is N[C@H]1COc2cccc(F)c2NC1=O.O=C(O)C(F)(F)F. The molecule has 10 heteroatoms. The van der Waals surface area contributed by atoms with Crippen LogP contribution in [0.25, 0.3) is 0 Å². The Morgan fingerprint density at radius 1 is 1.43 bits per heavy atom. The molecule has 0 saturated heterocycles. The van der Waals surface area contributed by atoms with Gasteiger partial charge in [0.25, 0.3) is 0 Å². The number of fused-ring (bicyclic) bond motifs is 1. The van der Waals surface area contributed by atoms with Gasteiger partial charge in [-0.25, -0.2) is 9.18 Å². The van der Waals surface area contributed by atoms with Crippen LogP contribution in [0.3, 0.4) is 0 Å². The first kappa shape index (κ1) is 16.7. The van der Waals surface area contributed by atoms with E-state index in [1.54, 1.807) is 6.07 Å². The summed E-state index contributed by atoms with van der Waals surface area (Å²) in [6, 6.07) is 3.58. The minimum atomic E-state index is -5.08. The van der Waals surface area contributed by atoms with E-state index in [-0.39, 0.29) is 12.3 Å². The van der Waals surface area contributed by atoms with E-state index >= 15 is 0 Å². The number of halogens is 4. The number of nitrogens with two attached hydrogens (primary N) is 1. The van der Waals surface area contributed by atoms with Crippen LogP contribution in [-0.4, -0.2) is 35.8 Å². The molecule has 2 rings (SSSR count). The average Bonchev–Trinajstić information content (AvgIpc) is 2.51. The summed E-state index contributed by atoms with van der Waals surface area (Å²) in [5.74, 6) is -3.40. The summed E-state index contributed by atoms with van der Waals surface area (Å²) in [6.45, 7) is 0.0578. The van der Waals surface area contributed by atoms with Crippen LogP contribution in [-0.2, 0) is 9.59 Å². The van der Waals surface area contributed by atoms with Crippen molar-refractivity contribution in [3.8, 4) is 5.75 Å². The van der Waals surface area contributed by atoms with Crippen LogP contribution in [0.15, 0.2) is 18.2 Å². The molecule has 0 saturated carbocycles.